The summed E-state index contributed by atoms with van der Waals surface area (Å²) in [6.07, 6.45) is 1.52. The Balaban J connectivity index is 2.11. The van der Waals surface area contributed by atoms with Crippen molar-refractivity contribution in [2.75, 3.05) is 6.61 Å². The first kappa shape index (κ1) is 14.7. The molecule has 1 unspecified atom stereocenters. The van der Waals surface area contributed by atoms with Gasteiger partial charge in [0.15, 0.2) is 0 Å². The Morgan fingerprint density at radius 2 is 2.25 bits per heavy atom. The average Bonchev–Trinajstić information content (AvgIpc) is 2.69. The first-order valence-electron chi connectivity index (χ1n) is 6.34. The van der Waals surface area contributed by atoms with Gasteiger partial charge in [0, 0.05) is 17.0 Å². The molecule has 20 heavy (non-hydrogen) atoms. The Morgan fingerprint density at radius 1 is 1.50 bits per heavy atom. The Bertz CT molecular complexity index is 629. The summed E-state index contributed by atoms with van der Waals surface area (Å²) < 4.78 is 6.73. The first-order valence-corrected chi connectivity index (χ1v) is 7.16. The second-order valence-electron chi connectivity index (χ2n) is 4.72. The van der Waals surface area contributed by atoms with Gasteiger partial charge in [-0.05, 0) is 20.8 Å². The SMILES string of the molecule is Cc1nc(Cn2ncc(OCC(C)N)cc2=O)sc1C. The van der Waals surface area contributed by atoms with E-state index in [0.717, 1.165) is 15.6 Å². The van der Waals surface area contributed by atoms with Crippen molar-refractivity contribution in [2.24, 2.45) is 5.73 Å². The molecule has 0 spiro atoms. The Labute approximate surface area is 121 Å². The third-order valence-corrected chi connectivity index (χ3v) is 3.77. The molecule has 0 bridgehead atoms. The average molecular weight is 294 g/mol. The predicted octanol–water partition coefficient (Wildman–Crippen LogP) is 1.09. The van der Waals surface area contributed by atoms with Crippen molar-refractivity contribution in [3.05, 3.63) is 38.2 Å². The van der Waals surface area contributed by atoms with Gasteiger partial charge in [-0.1, -0.05) is 0 Å². The van der Waals surface area contributed by atoms with Gasteiger partial charge in [0.05, 0.1) is 18.4 Å². The van der Waals surface area contributed by atoms with Crippen LogP contribution in [-0.2, 0) is 6.54 Å². The lowest BCUT2D eigenvalue weighted by molar-refractivity contribution is 0.293. The van der Waals surface area contributed by atoms with Gasteiger partial charge in [0.2, 0.25) is 0 Å². The summed E-state index contributed by atoms with van der Waals surface area (Å²) in [5, 5.41) is 4.97. The fraction of sp³-hybridized carbons (Fsp3) is 0.462. The highest BCUT2D eigenvalue weighted by Crippen LogP contribution is 2.16. The number of rotatable bonds is 5. The maximum Gasteiger partial charge on any atom is 0.270 e. The highest BCUT2D eigenvalue weighted by molar-refractivity contribution is 7.11. The van der Waals surface area contributed by atoms with Crippen LogP contribution < -0.4 is 16.0 Å². The molecule has 0 aliphatic rings. The normalized spacial score (nSPS) is 12.4. The Hall–Kier alpha value is -1.73. The van der Waals surface area contributed by atoms with E-state index in [9.17, 15) is 4.79 Å². The Kier molecular flexibility index (Phi) is 4.51. The molecule has 6 nitrogen and oxygen atoms in total. The molecular formula is C13H18N4O2S. The molecular weight excluding hydrogens is 276 g/mol. The van der Waals surface area contributed by atoms with Crippen LogP contribution in [0.3, 0.4) is 0 Å². The number of nitrogens with two attached hydrogens (primary N) is 1. The van der Waals surface area contributed by atoms with Gasteiger partial charge >= 0.3 is 0 Å². The molecule has 0 fully saturated rings. The molecule has 7 heteroatoms. The van der Waals surface area contributed by atoms with E-state index in [1.165, 1.54) is 16.9 Å². The van der Waals surface area contributed by atoms with E-state index < -0.39 is 0 Å². The van der Waals surface area contributed by atoms with E-state index >= 15 is 0 Å². The molecule has 0 amide bonds. The zero-order chi connectivity index (χ0) is 14.7. The Morgan fingerprint density at radius 3 is 2.80 bits per heavy atom. The van der Waals surface area contributed by atoms with Crippen molar-refractivity contribution in [3.8, 4) is 5.75 Å². The lowest BCUT2D eigenvalue weighted by Gasteiger charge is -2.08. The van der Waals surface area contributed by atoms with Crippen molar-refractivity contribution in [3.63, 3.8) is 0 Å². The van der Waals surface area contributed by atoms with Gasteiger partial charge < -0.3 is 10.5 Å². The third kappa shape index (κ3) is 3.64. The van der Waals surface area contributed by atoms with Crippen LogP contribution >= 0.6 is 11.3 Å². The van der Waals surface area contributed by atoms with Crippen LogP contribution in [0, 0.1) is 13.8 Å². The number of hydrogen-bond donors (Lipinski definition) is 1. The molecule has 2 N–H and O–H groups in total. The molecule has 0 aliphatic heterocycles. The standard InChI is InChI=1S/C13H18N4O2S/c1-8(14)7-19-11-4-13(18)17(15-5-11)6-12-16-9(2)10(3)20-12/h4-5,8H,6-7,14H2,1-3H3. The van der Waals surface area contributed by atoms with E-state index in [-0.39, 0.29) is 11.6 Å². The molecule has 2 aromatic heterocycles. The summed E-state index contributed by atoms with van der Waals surface area (Å²) in [5.41, 5.74) is 6.38. The van der Waals surface area contributed by atoms with Crippen molar-refractivity contribution in [1.82, 2.24) is 14.8 Å². The third-order valence-electron chi connectivity index (χ3n) is 2.72. The van der Waals surface area contributed by atoms with Crippen LogP contribution in [-0.4, -0.2) is 27.4 Å². The molecule has 2 heterocycles. The maximum atomic E-state index is 11.9. The number of nitrogens with zero attached hydrogens (tertiary/aromatic N) is 3. The van der Waals surface area contributed by atoms with Crippen LogP contribution in [0.4, 0.5) is 0 Å². The number of ether oxygens (including phenoxy) is 1. The number of aromatic nitrogens is 3. The van der Waals surface area contributed by atoms with Crippen LogP contribution in [0.1, 0.15) is 22.5 Å². The fourth-order valence-electron chi connectivity index (χ4n) is 1.58. The fourth-order valence-corrected chi connectivity index (χ4v) is 2.49. The van der Waals surface area contributed by atoms with Crippen LogP contribution in [0.25, 0.3) is 0 Å². The summed E-state index contributed by atoms with van der Waals surface area (Å²) >= 11 is 1.58. The van der Waals surface area contributed by atoms with Gasteiger partial charge in [-0.2, -0.15) is 5.10 Å². The summed E-state index contributed by atoms with van der Waals surface area (Å²) in [4.78, 5) is 17.5. The molecule has 0 radical (unpaired) electrons. The lowest BCUT2D eigenvalue weighted by Crippen LogP contribution is -2.26. The van der Waals surface area contributed by atoms with Crippen LogP contribution in [0.5, 0.6) is 5.75 Å². The van der Waals surface area contributed by atoms with Crippen molar-refractivity contribution in [2.45, 2.75) is 33.4 Å². The molecule has 0 aliphatic carbocycles. The molecule has 0 saturated heterocycles. The highest BCUT2D eigenvalue weighted by atomic mass is 32.1. The summed E-state index contributed by atoms with van der Waals surface area (Å²) in [6.45, 7) is 6.54. The van der Waals surface area contributed by atoms with Crippen LogP contribution in [0.15, 0.2) is 17.1 Å². The monoisotopic (exact) mass is 294 g/mol. The molecule has 2 rings (SSSR count). The highest BCUT2D eigenvalue weighted by Gasteiger charge is 2.07. The molecule has 0 saturated carbocycles. The lowest BCUT2D eigenvalue weighted by atomic mass is 10.4. The van der Waals surface area contributed by atoms with E-state index in [4.69, 9.17) is 10.5 Å². The minimum Gasteiger partial charge on any atom is -0.490 e. The first-order chi connectivity index (χ1) is 9.45. The zero-order valence-electron chi connectivity index (χ0n) is 11.8. The van der Waals surface area contributed by atoms with E-state index in [0.29, 0.717) is 18.9 Å². The van der Waals surface area contributed by atoms with E-state index in [1.54, 1.807) is 11.3 Å². The van der Waals surface area contributed by atoms with Gasteiger partial charge in [-0.25, -0.2) is 9.67 Å². The smallest absolute Gasteiger partial charge is 0.270 e. The van der Waals surface area contributed by atoms with Gasteiger partial charge in [0.1, 0.15) is 17.4 Å². The van der Waals surface area contributed by atoms with Crippen LogP contribution in [0.2, 0.25) is 0 Å². The quantitative estimate of drug-likeness (QED) is 0.892. The molecule has 1 atom stereocenters. The number of thiazole rings is 1. The minimum absolute atomic E-state index is 0.0845. The predicted molar refractivity (Wildman–Crippen MR) is 78.3 cm³/mol. The number of hydrogen-bond acceptors (Lipinski definition) is 6. The van der Waals surface area contributed by atoms with E-state index in [1.807, 2.05) is 20.8 Å². The molecule has 108 valence electrons. The second-order valence-corrected chi connectivity index (χ2v) is 6.01. The van der Waals surface area contributed by atoms with Gasteiger partial charge in [-0.15, -0.1) is 11.3 Å². The van der Waals surface area contributed by atoms with Crippen molar-refractivity contribution < 1.29 is 4.74 Å². The zero-order valence-corrected chi connectivity index (χ0v) is 12.6. The van der Waals surface area contributed by atoms with E-state index in [2.05, 4.69) is 10.1 Å². The second kappa shape index (κ2) is 6.15. The largest absolute Gasteiger partial charge is 0.490 e. The van der Waals surface area contributed by atoms with Gasteiger partial charge in [0.25, 0.3) is 5.56 Å². The number of aryl methyl sites for hydroxylation is 2. The van der Waals surface area contributed by atoms with Gasteiger partial charge in [-0.3, -0.25) is 4.79 Å². The van der Waals surface area contributed by atoms with Crippen molar-refractivity contribution in [1.29, 1.82) is 0 Å². The molecule has 0 aromatic carbocycles. The summed E-state index contributed by atoms with van der Waals surface area (Å²) in [5.74, 6) is 0.440. The summed E-state index contributed by atoms with van der Waals surface area (Å²) in [6, 6.07) is 1.33. The maximum absolute atomic E-state index is 11.9. The topological polar surface area (TPSA) is 83.0 Å². The molecule has 2 aromatic rings. The van der Waals surface area contributed by atoms with Crippen molar-refractivity contribution >= 4 is 11.3 Å². The minimum atomic E-state index is -0.210. The summed E-state index contributed by atoms with van der Waals surface area (Å²) in [7, 11) is 0.